The second-order valence-corrected chi connectivity index (χ2v) is 6.73. The lowest BCUT2D eigenvalue weighted by Crippen LogP contribution is -2.36. The second kappa shape index (κ2) is 6.24. The predicted molar refractivity (Wildman–Crippen MR) is 83.9 cm³/mol. The molecule has 1 aliphatic rings. The van der Waals surface area contributed by atoms with Crippen LogP contribution in [0.4, 0.5) is 0 Å². The lowest BCUT2D eigenvalue weighted by molar-refractivity contribution is 0.0932. The van der Waals surface area contributed by atoms with Crippen LogP contribution in [0, 0.1) is 0 Å². The molecule has 1 aliphatic heterocycles. The third-order valence-corrected chi connectivity index (χ3v) is 3.14. The second-order valence-electron chi connectivity index (χ2n) is 6.73. The minimum absolute atomic E-state index is 0.0331. The van der Waals surface area contributed by atoms with Gasteiger partial charge in [0.2, 0.25) is 0 Å². The van der Waals surface area contributed by atoms with Crippen molar-refractivity contribution in [3.05, 3.63) is 23.8 Å². The van der Waals surface area contributed by atoms with Crippen LogP contribution in [0.3, 0.4) is 0 Å². The number of nitrogens with one attached hydrogen (secondary N) is 1. The molecule has 4 nitrogen and oxygen atoms in total. The van der Waals surface area contributed by atoms with E-state index in [1.165, 1.54) is 0 Å². The monoisotopic (exact) mass is 293 g/mol. The minimum atomic E-state index is -0.163. The summed E-state index contributed by atoms with van der Waals surface area (Å²) in [4.78, 5) is 0. The molecule has 2 rings (SSSR count). The molecule has 1 aromatic carbocycles. The molecule has 1 heterocycles. The fraction of sp³-hybridized carbons (Fsp3) is 0.647. The first-order valence-corrected chi connectivity index (χ1v) is 7.64. The molecule has 0 aliphatic carbocycles. The van der Waals surface area contributed by atoms with Crippen LogP contribution in [-0.2, 0) is 4.74 Å². The van der Waals surface area contributed by atoms with E-state index >= 15 is 0 Å². The van der Waals surface area contributed by atoms with Gasteiger partial charge in [-0.25, -0.2) is 0 Å². The third kappa shape index (κ3) is 4.11. The maximum absolute atomic E-state index is 6.01. The Bertz CT molecular complexity index is 483. The highest BCUT2D eigenvalue weighted by Crippen LogP contribution is 2.39. The van der Waals surface area contributed by atoms with E-state index in [0.29, 0.717) is 6.61 Å². The molecule has 4 heteroatoms. The van der Waals surface area contributed by atoms with Gasteiger partial charge in [0.1, 0.15) is 6.23 Å². The summed E-state index contributed by atoms with van der Waals surface area (Å²) in [7, 11) is 0. The fourth-order valence-corrected chi connectivity index (χ4v) is 2.35. The molecule has 1 N–H and O–H groups in total. The Labute approximate surface area is 127 Å². The first kappa shape index (κ1) is 16.1. The van der Waals surface area contributed by atoms with Crippen LogP contribution < -0.4 is 14.8 Å². The summed E-state index contributed by atoms with van der Waals surface area (Å²) >= 11 is 0. The Morgan fingerprint density at radius 3 is 2.33 bits per heavy atom. The molecule has 0 saturated carbocycles. The third-order valence-electron chi connectivity index (χ3n) is 3.14. The number of para-hydroxylation sites is 1. The van der Waals surface area contributed by atoms with Crippen molar-refractivity contribution in [3.63, 3.8) is 0 Å². The fourth-order valence-electron chi connectivity index (χ4n) is 2.35. The SMILES string of the molecule is CC(C)Oc1cccc(C2NC(C)(C)CO2)c1OC(C)C. The molecule has 21 heavy (non-hydrogen) atoms. The van der Waals surface area contributed by atoms with Crippen LogP contribution in [-0.4, -0.2) is 24.4 Å². The number of ether oxygens (including phenoxy) is 3. The Morgan fingerprint density at radius 1 is 1.14 bits per heavy atom. The molecule has 0 bridgehead atoms. The summed E-state index contributed by atoms with van der Waals surface area (Å²) < 4.78 is 17.8. The molecule has 1 aromatic rings. The summed E-state index contributed by atoms with van der Waals surface area (Å²) in [5.74, 6) is 1.54. The van der Waals surface area contributed by atoms with Crippen molar-refractivity contribution in [1.82, 2.24) is 5.32 Å². The average Bonchev–Trinajstić information content (AvgIpc) is 2.70. The zero-order valence-corrected chi connectivity index (χ0v) is 13.9. The normalized spacial score (nSPS) is 21.0. The van der Waals surface area contributed by atoms with Crippen LogP contribution in [0.5, 0.6) is 11.5 Å². The van der Waals surface area contributed by atoms with Gasteiger partial charge in [-0.3, -0.25) is 5.32 Å². The van der Waals surface area contributed by atoms with Crippen molar-refractivity contribution >= 4 is 0 Å². The minimum Gasteiger partial charge on any atom is -0.487 e. The Kier molecular flexibility index (Phi) is 4.79. The molecule has 1 atom stereocenters. The van der Waals surface area contributed by atoms with Crippen molar-refractivity contribution in [2.24, 2.45) is 0 Å². The summed E-state index contributed by atoms with van der Waals surface area (Å²) in [6.07, 6.45) is 0.0168. The Hall–Kier alpha value is -1.26. The molecule has 0 radical (unpaired) electrons. The summed E-state index contributed by atoms with van der Waals surface area (Å²) in [6, 6.07) is 5.96. The van der Waals surface area contributed by atoms with Gasteiger partial charge in [-0.1, -0.05) is 12.1 Å². The summed E-state index contributed by atoms with van der Waals surface area (Å²) in [5.41, 5.74) is 0.960. The Morgan fingerprint density at radius 2 is 1.81 bits per heavy atom. The van der Waals surface area contributed by atoms with Crippen LogP contribution in [0.2, 0.25) is 0 Å². The van der Waals surface area contributed by atoms with Crippen LogP contribution in [0.1, 0.15) is 53.3 Å². The van der Waals surface area contributed by atoms with E-state index in [2.05, 4.69) is 19.2 Å². The van der Waals surface area contributed by atoms with Gasteiger partial charge >= 0.3 is 0 Å². The van der Waals surface area contributed by atoms with Crippen molar-refractivity contribution in [2.75, 3.05) is 6.61 Å². The maximum atomic E-state index is 6.01. The quantitative estimate of drug-likeness (QED) is 0.899. The van der Waals surface area contributed by atoms with Gasteiger partial charge in [-0.05, 0) is 47.6 Å². The largest absolute Gasteiger partial charge is 0.487 e. The molecule has 1 fully saturated rings. The zero-order valence-electron chi connectivity index (χ0n) is 13.9. The van der Waals surface area contributed by atoms with E-state index in [4.69, 9.17) is 14.2 Å². The standard InChI is InChI=1S/C17H27NO3/c1-11(2)20-14-9-7-8-13(15(14)21-12(3)4)16-18-17(5,6)10-19-16/h7-9,11-12,16,18H,10H2,1-6H3. The molecular weight excluding hydrogens is 266 g/mol. The Balaban J connectivity index is 2.35. The van der Waals surface area contributed by atoms with E-state index in [1.807, 2.05) is 45.9 Å². The number of rotatable bonds is 5. The zero-order chi connectivity index (χ0) is 15.6. The molecule has 118 valence electrons. The van der Waals surface area contributed by atoms with E-state index in [0.717, 1.165) is 17.1 Å². The van der Waals surface area contributed by atoms with E-state index in [1.54, 1.807) is 0 Å². The van der Waals surface area contributed by atoms with E-state index in [9.17, 15) is 0 Å². The van der Waals surface area contributed by atoms with Crippen molar-refractivity contribution in [3.8, 4) is 11.5 Å². The number of hydrogen-bond acceptors (Lipinski definition) is 4. The summed E-state index contributed by atoms with van der Waals surface area (Å²) in [5, 5.41) is 3.48. The van der Waals surface area contributed by atoms with Gasteiger partial charge < -0.3 is 14.2 Å². The first-order chi connectivity index (χ1) is 9.78. The van der Waals surface area contributed by atoms with E-state index < -0.39 is 0 Å². The smallest absolute Gasteiger partial charge is 0.168 e. The number of hydrogen-bond donors (Lipinski definition) is 1. The van der Waals surface area contributed by atoms with Crippen molar-refractivity contribution in [2.45, 2.75) is 65.5 Å². The molecule has 0 spiro atoms. The highest BCUT2D eigenvalue weighted by Gasteiger charge is 2.34. The van der Waals surface area contributed by atoms with Crippen molar-refractivity contribution < 1.29 is 14.2 Å². The van der Waals surface area contributed by atoms with Gasteiger partial charge in [-0.2, -0.15) is 0 Å². The van der Waals surface area contributed by atoms with E-state index in [-0.39, 0.29) is 24.0 Å². The van der Waals surface area contributed by atoms with Crippen molar-refractivity contribution in [1.29, 1.82) is 0 Å². The maximum Gasteiger partial charge on any atom is 0.168 e. The molecule has 1 unspecified atom stereocenters. The van der Waals surface area contributed by atoms with Crippen LogP contribution in [0.15, 0.2) is 18.2 Å². The molecule has 0 aromatic heterocycles. The predicted octanol–water partition coefficient (Wildman–Crippen LogP) is 3.66. The average molecular weight is 293 g/mol. The first-order valence-electron chi connectivity index (χ1n) is 7.64. The van der Waals surface area contributed by atoms with Crippen LogP contribution in [0.25, 0.3) is 0 Å². The van der Waals surface area contributed by atoms with Gasteiger partial charge in [0.05, 0.1) is 18.8 Å². The molecule has 1 saturated heterocycles. The lowest BCUT2D eigenvalue weighted by atomic mass is 10.1. The van der Waals surface area contributed by atoms with Gasteiger partial charge in [0, 0.05) is 11.1 Å². The molecule has 0 amide bonds. The topological polar surface area (TPSA) is 39.7 Å². The lowest BCUT2D eigenvalue weighted by Gasteiger charge is -2.23. The summed E-state index contributed by atoms with van der Waals surface area (Å²) in [6.45, 7) is 13.0. The molecular formula is C17H27NO3. The highest BCUT2D eigenvalue weighted by molar-refractivity contribution is 5.48. The van der Waals surface area contributed by atoms with Gasteiger partial charge in [0.15, 0.2) is 11.5 Å². The number of benzene rings is 1. The highest BCUT2D eigenvalue weighted by atomic mass is 16.5. The van der Waals surface area contributed by atoms with Crippen LogP contribution >= 0.6 is 0 Å². The van der Waals surface area contributed by atoms with Gasteiger partial charge in [0.25, 0.3) is 0 Å². The van der Waals surface area contributed by atoms with Gasteiger partial charge in [-0.15, -0.1) is 0 Å².